The van der Waals surface area contributed by atoms with Crippen LogP contribution in [-0.4, -0.2) is 38.9 Å². The van der Waals surface area contributed by atoms with E-state index in [1.54, 1.807) is 13.8 Å². The molecule has 1 heterocycles. The highest BCUT2D eigenvalue weighted by Gasteiger charge is 2.35. The van der Waals surface area contributed by atoms with E-state index in [9.17, 15) is 9.59 Å². The predicted octanol–water partition coefficient (Wildman–Crippen LogP) is -1.39. The topological polar surface area (TPSA) is 71.9 Å². The third kappa shape index (κ3) is 2.52. The van der Waals surface area contributed by atoms with Crippen molar-refractivity contribution in [2.24, 2.45) is 0 Å². The molecule has 1 atom stereocenters. The molecule has 1 rings (SSSR count). The molecule has 0 radical (unpaired) electrons. The molecule has 0 spiro atoms. The van der Waals surface area contributed by atoms with E-state index in [-0.39, 0.29) is 12.2 Å². The SMILES string of the molecule is CCOC(=O)C1=C(C)NC(=O)N[C@H]1[NH+](C)C. The molecule has 0 aliphatic carbocycles. The normalized spacial score (nSPS) is 20.6. The summed E-state index contributed by atoms with van der Waals surface area (Å²) in [6.45, 7) is 3.76. The lowest BCUT2D eigenvalue weighted by Gasteiger charge is -2.29. The van der Waals surface area contributed by atoms with Crippen LogP contribution >= 0.6 is 0 Å². The molecule has 6 nitrogen and oxygen atoms in total. The monoisotopic (exact) mass is 228 g/mol. The van der Waals surface area contributed by atoms with Crippen LogP contribution in [0.3, 0.4) is 0 Å². The van der Waals surface area contributed by atoms with E-state index in [0.29, 0.717) is 17.9 Å². The number of urea groups is 1. The molecule has 0 aromatic rings. The van der Waals surface area contributed by atoms with Crippen molar-refractivity contribution in [3.05, 3.63) is 11.3 Å². The minimum Gasteiger partial charge on any atom is -0.462 e. The van der Waals surface area contributed by atoms with E-state index in [2.05, 4.69) is 10.6 Å². The number of amides is 2. The number of likely N-dealkylation sites (N-methyl/N-ethyl adjacent to an activating group) is 1. The minimum absolute atomic E-state index is 0.295. The van der Waals surface area contributed by atoms with Gasteiger partial charge in [-0.3, -0.25) is 5.32 Å². The quantitative estimate of drug-likeness (QED) is 0.521. The van der Waals surface area contributed by atoms with Gasteiger partial charge in [-0.25, -0.2) is 9.59 Å². The number of quaternary nitrogens is 1. The van der Waals surface area contributed by atoms with Gasteiger partial charge in [-0.15, -0.1) is 0 Å². The van der Waals surface area contributed by atoms with Crippen LogP contribution in [0, 0.1) is 0 Å². The van der Waals surface area contributed by atoms with Gasteiger partial charge >= 0.3 is 12.0 Å². The molecule has 0 saturated carbocycles. The Morgan fingerprint density at radius 3 is 2.62 bits per heavy atom. The fourth-order valence-electron chi connectivity index (χ4n) is 1.61. The molecule has 3 N–H and O–H groups in total. The van der Waals surface area contributed by atoms with Crippen LogP contribution in [0.15, 0.2) is 11.3 Å². The molecule has 2 amide bonds. The molecule has 0 bridgehead atoms. The molecular formula is C10H18N3O3+. The van der Waals surface area contributed by atoms with Gasteiger partial charge in [0.05, 0.1) is 20.7 Å². The van der Waals surface area contributed by atoms with Crippen LogP contribution in [0.1, 0.15) is 13.8 Å². The van der Waals surface area contributed by atoms with Gasteiger partial charge in [0, 0.05) is 5.70 Å². The van der Waals surface area contributed by atoms with Crippen molar-refractivity contribution in [1.82, 2.24) is 10.6 Å². The van der Waals surface area contributed by atoms with Gasteiger partial charge in [-0.1, -0.05) is 0 Å². The maximum absolute atomic E-state index is 11.7. The number of rotatable bonds is 3. The maximum Gasteiger partial charge on any atom is 0.343 e. The number of hydrogen-bond acceptors (Lipinski definition) is 3. The summed E-state index contributed by atoms with van der Waals surface area (Å²) >= 11 is 0. The highest BCUT2D eigenvalue weighted by atomic mass is 16.5. The Labute approximate surface area is 94.6 Å². The molecular weight excluding hydrogens is 210 g/mol. The number of esters is 1. The molecule has 1 aliphatic heterocycles. The summed E-state index contributed by atoms with van der Waals surface area (Å²) in [6, 6.07) is -0.295. The second-order valence-electron chi connectivity index (χ2n) is 3.87. The Bertz CT molecular complexity index is 336. The lowest BCUT2D eigenvalue weighted by atomic mass is 10.1. The zero-order valence-corrected chi connectivity index (χ0v) is 10.0. The van der Waals surface area contributed by atoms with Crippen LogP contribution in [0.25, 0.3) is 0 Å². The Morgan fingerprint density at radius 1 is 1.50 bits per heavy atom. The van der Waals surface area contributed by atoms with Crippen molar-refractivity contribution >= 4 is 12.0 Å². The summed E-state index contributed by atoms with van der Waals surface area (Å²) in [4.78, 5) is 24.0. The molecule has 6 heteroatoms. The summed E-state index contributed by atoms with van der Waals surface area (Å²) < 4.78 is 4.97. The zero-order valence-electron chi connectivity index (χ0n) is 10.0. The van der Waals surface area contributed by atoms with E-state index in [0.717, 1.165) is 4.90 Å². The molecule has 0 aromatic heterocycles. The molecule has 0 fully saturated rings. The Kier molecular flexibility index (Phi) is 3.89. The van der Waals surface area contributed by atoms with Gasteiger partial charge in [0.25, 0.3) is 0 Å². The van der Waals surface area contributed by atoms with Gasteiger partial charge in [-0.2, -0.15) is 0 Å². The third-order valence-corrected chi connectivity index (χ3v) is 2.34. The number of carbonyl (C=O) groups excluding carboxylic acids is 2. The van der Waals surface area contributed by atoms with Gasteiger partial charge < -0.3 is 15.0 Å². The van der Waals surface area contributed by atoms with E-state index in [4.69, 9.17) is 4.74 Å². The van der Waals surface area contributed by atoms with Gasteiger partial charge in [0.2, 0.25) is 0 Å². The first-order chi connectivity index (χ1) is 7.47. The van der Waals surface area contributed by atoms with Crippen molar-refractivity contribution < 1.29 is 19.2 Å². The van der Waals surface area contributed by atoms with E-state index in [1.165, 1.54) is 0 Å². The van der Waals surface area contributed by atoms with Crippen LogP contribution in [-0.2, 0) is 9.53 Å². The molecule has 0 saturated heterocycles. The molecule has 1 aliphatic rings. The van der Waals surface area contributed by atoms with E-state index < -0.39 is 5.97 Å². The summed E-state index contributed by atoms with van der Waals surface area (Å²) in [6.07, 6.45) is -0.368. The van der Waals surface area contributed by atoms with E-state index in [1.807, 2.05) is 14.1 Å². The first kappa shape index (κ1) is 12.5. The lowest BCUT2D eigenvalue weighted by molar-refractivity contribution is -0.881. The fourth-order valence-corrected chi connectivity index (χ4v) is 1.61. The van der Waals surface area contributed by atoms with Crippen molar-refractivity contribution in [2.45, 2.75) is 20.0 Å². The number of hydrogen-bond donors (Lipinski definition) is 3. The van der Waals surface area contributed by atoms with Gasteiger partial charge in [0.15, 0.2) is 6.17 Å². The minimum atomic E-state index is -0.390. The van der Waals surface area contributed by atoms with Crippen molar-refractivity contribution in [1.29, 1.82) is 0 Å². The van der Waals surface area contributed by atoms with Crippen LogP contribution in [0.5, 0.6) is 0 Å². The molecule has 90 valence electrons. The van der Waals surface area contributed by atoms with Crippen molar-refractivity contribution in [3.8, 4) is 0 Å². The maximum atomic E-state index is 11.7. The van der Waals surface area contributed by atoms with E-state index >= 15 is 0 Å². The third-order valence-electron chi connectivity index (χ3n) is 2.34. The van der Waals surface area contributed by atoms with Crippen LogP contribution in [0.4, 0.5) is 4.79 Å². The zero-order chi connectivity index (χ0) is 12.3. The average molecular weight is 228 g/mol. The Morgan fingerprint density at radius 2 is 2.12 bits per heavy atom. The standard InChI is InChI=1S/C10H17N3O3/c1-5-16-9(14)7-6(2)11-10(15)12-8(7)13(3)4/h8H,5H2,1-4H3,(H2,11,12,15)/p+1/t8-/m0/s1. The summed E-state index contributed by atoms with van der Waals surface area (Å²) in [5.41, 5.74) is 1.02. The fraction of sp³-hybridized carbons (Fsp3) is 0.600. The number of allylic oxidation sites excluding steroid dienone is 1. The molecule has 0 aromatic carbocycles. The van der Waals surface area contributed by atoms with Gasteiger partial charge in [-0.05, 0) is 13.8 Å². The van der Waals surface area contributed by atoms with Gasteiger partial charge in [0.1, 0.15) is 5.57 Å². The number of ether oxygens (including phenoxy) is 1. The van der Waals surface area contributed by atoms with Crippen molar-refractivity contribution in [2.75, 3.05) is 20.7 Å². The molecule has 0 unspecified atom stereocenters. The van der Waals surface area contributed by atoms with Crippen LogP contribution < -0.4 is 15.5 Å². The summed E-state index contributed by atoms with van der Waals surface area (Å²) in [5.74, 6) is -0.390. The first-order valence-corrected chi connectivity index (χ1v) is 5.22. The highest BCUT2D eigenvalue weighted by molar-refractivity contribution is 5.94. The second-order valence-corrected chi connectivity index (χ2v) is 3.87. The smallest absolute Gasteiger partial charge is 0.343 e. The average Bonchev–Trinajstić information content (AvgIpc) is 2.16. The largest absolute Gasteiger partial charge is 0.462 e. The predicted molar refractivity (Wildman–Crippen MR) is 57.6 cm³/mol. The van der Waals surface area contributed by atoms with Crippen molar-refractivity contribution in [3.63, 3.8) is 0 Å². The highest BCUT2D eigenvalue weighted by Crippen LogP contribution is 2.10. The second kappa shape index (κ2) is 4.98. The lowest BCUT2D eigenvalue weighted by Crippen LogP contribution is -3.13. The number of nitrogens with one attached hydrogen (secondary N) is 3. The van der Waals surface area contributed by atoms with Crippen LogP contribution in [0.2, 0.25) is 0 Å². The summed E-state index contributed by atoms with van der Waals surface area (Å²) in [5, 5.41) is 5.26. The first-order valence-electron chi connectivity index (χ1n) is 5.22. The summed E-state index contributed by atoms with van der Waals surface area (Å²) in [7, 11) is 3.73. The Hall–Kier alpha value is -1.56. The number of carbonyl (C=O) groups is 2. The molecule has 16 heavy (non-hydrogen) atoms. The Balaban J connectivity index is 3.02.